The van der Waals surface area contributed by atoms with Crippen LogP contribution in [-0.4, -0.2) is 37.0 Å². The standard InChI is InChI=1S/C13H19ClN2O3S/c1-9-12(15)7-10(14)8-13(9)20(18,19)16(5-6-17)11-3-2-4-11/h7-8,11,17H,2-6,15H2,1H3. The number of halogens is 1. The van der Waals surface area contributed by atoms with Crippen molar-refractivity contribution < 1.29 is 13.5 Å². The molecule has 20 heavy (non-hydrogen) atoms. The Kier molecular flexibility index (Phi) is 4.59. The second kappa shape index (κ2) is 5.89. The molecule has 0 saturated heterocycles. The quantitative estimate of drug-likeness (QED) is 0.810. The van der Waals surface area contributed by atoms with Gasteiger partial charge in [-0.05, 0) is 37.5 Å². The Bertz CT molecular complexity index is 600. The molecule has 1 aliphatic carbocycles. The molecule has 1 saturated carbocycles. The minimum Gasteiger partial charge on any atom is -0.398 e. The number of rotatable bonds is 5. The Hall–Kier alpha value is -0.820. The van der Waals surface area contributed by atoms with Gasteiger partial charge in [-0.1, -0.05) is 18.0 Å². The monoisotopic (exact) mass is 318 g/mol. The minimum absolute atomic E-state index is 0.0354. The van der Waals surface area contributed by atoms with Gasteiger partial charge < -0.3 is 10.8 Å². The first-order valence-corrected chi connectivity index (χ1v) is 8.38. The number of hydrogen-bond acceptors (Lipinski definition) is 4. The fourth-order valence-electron chi connectivity index (χ4n) is 2.34. The Morgan fingerprint density at radius 1 is 1.45 bits per heavy atom. The molecule has 0 atom stereocenters. The molecule has 112 valence electrons. The molecule has 1 fully saturated rings. The summed E-state index contributed by atoms with van der Waals surface area (Å²) in [4.78, 5) is 0.128. The highest BCUT2D eigenvalue weighted by Crippen LogP contribution is 2.33. The first-order valence-electron chi connectivity index (χ1n) is 6.56. The molecular weight excluding hydrogens is 300 g/mol. The summed E-state index contributed by atoms with van der Waals surface area (Å²) in [6.45, 7) is 1.56. The molecular formula is C13H19ClN2O3S. The zero-order chi connectivity index (χ0) is 14.9. The number of aliphatic hydroxyl groups excluding tert-OH is 1. The topological polar surface area (TPSA) is 83.6 Å². The van der Waals surface area contributed by atoms with Crippen LogP contribution >= 0.6 is 11.6 Å². The van der Waals surface area contributed by atoms with E-state index in [9.17, 15) is 8.42 Å². The molecule has 0 radical (unpaired) electrons. The predicted molar refractivity (Wildman–Crippen MR) is 79.2 cm³/mol. The number of aliphatic hydroxyl groups is 1. The molecule has 0 amide bonds. The SMILES string of the molecule is Cc1c(N)cc(Cl)cc1S(=O)(=O)N(CCO)C1CCC1. The summed E-state index contributed by atoms with van der Waals surface area (Å²) in [5, 5.41) is 9.43. The normalized spacial score (nSPS) is 16.4. The van der Waals surface area contributed by atoms with E-state index in [4.69, 9.17) is 22.4 Å². The van der Waals surface area contributed by atoms with Crippen molar-refractivity contribution in [3.8, 4) is 0 Å². The molecule has 0 unspecified atom stereocenters. The Morgan fingerprint density at radius 3 is 2.60 bits per heavy atom. The summed E-state index contributed by atoms with van der Waals surface area (Å²) in [5.41, 5.74) is 6.65. The molecule has 1 aliphatic rings. The van der Waals surface area contributed by atoms with Crippen LogP contribution in [0.25, 0.3) is 0 Å². The summed E-state index contributed by atoms with van der Waals surface area (Å²) in [6.07, 6.45) is 2.67. The van der Waals surface area contributed by atoms with Crippen molar-refractivity contribution >= 4 is 27.3 Å². The second-order valence-electron chi connectivity index (χ2n) is 5.04. The van der Waals surface area contributed by atoms with E-state index in [-0.39, 0.29) is 24.1 Å². The van der Waals surface area contributed by atoms with Crippen LogP contribution in [0, 0.1) is 6.92 Å². The second-order valence-corrected chi connectivity index (χ2v) is 7.34. The molecule has 0 spiro atoms. The minimum atomic E-state index is -3.69. The molecule has 1 aromatic carbocycles. The predicted octanol–water partition coefficient (Wildman–Crippen LogP) is 1.77. The van der Waals surface area contributed by atoms with E-state index >= 15 is 0 Å². The van der Waals surface area contributed by atoms with Crippen LogP contribution in [0.5, 0.6) is 0 Å². The average Bonchev–Trinajstić information content (AvgIpc) is 2.30. The first-order chi connectivity index (χ1) is 9.37. The molecule has 0 aliphatic heterocycles. The summed E-state index contributed by atoms with van der Waals surface area (Å²) < 4.78 is 26.9. The molecule has 0 bridgehead atoms. The van der Waals surface area contributed by atoms with E-state index in [1.165, 1.54) is 16.4 Å². The number of nitrogens with zero attached hydrogens (tertiary/aromatic N) is 1. The van der Waals surface area contributed by atoms with E-state index < -0.39 is 10.0 Å². The van der Waals surface area contributed by atoms with Crippen LogP contribution in [0.1, 0.15) is 24.8 Å². The lowest BCUT2D eigenvalue weighted by atomic mass is 9.93. The van der Waals surface area contributed by atoms with Crippen molar-refractivity contribution in [1.29, 1.82) is 0 Å². The number of hydrogen-bond donors (Lipinski definition) is 2. The van der Waals surface area contributed by atoms with E-state index in [0.717, 1.165) is 19.3 Å². The van der Waals surface area contributed by atoms with Crippen LogP contribution in [0.15, 0.2) is 17.0 Å². The summed E-state index contributed by atoms with van der Waals surface area (Å²) in [6, 6.07) is 2.92. The van der Waals surface area contributed by atoms with Gasteiger partial charge in [0, 0.05) is 23.3 Å². The summed E-state index contributed by atoms with van der Waals surface area (Å²) in [5.74, 6) is 0. The van der Waals surface area contributed by atoms with Gasteiger partial charge in [-0.3, -0.25) is 0 Å². The van der Waals surface area contributed by atoms with Crippen LogP contribution in [0.3, 0.4) is 0 Å². The maximum Gasteiger partial charge on any atom is 0.243 e. The Morgan fingerprint density at radius 2 is 2.10 bits per heavy atom. The third kappa shape index (κ3) is 2.79. The van der Waals surface area contributed by atoms with E-state index in [2.05, 4.69) is 0 Å². The Balaban J connectivity index is 2.47. The number of benzene rings is 1. The van der Waals surface area contributed by atoms with E-state index in [1.807, 2.05) is 0 Å². The third-order valence-electron chi connectivity index (χ3n) is 3.75. The molecule has 5 nitrogen and oxygen atoms in total. The average molecular weight is 319 g/mol. The van der Waals surface area contributed by atoms with E-state index in [0.29, 0.717) is 16.3 Å². The Labute approximate surface area is 124 Å². The van der Waals surface area contributed by atoms with Gasteiger partial charge in [0.05, 0.1) is 11.5 Å². The van der Waals surface area contributed by atoms with Crippen molar-refractivity contribution in [3.63, 3.8) is 0 Å². The van der Waals surface area contributed by atoms with Gasteiger partial charge in [0.15, 0.2) is 0 Å². The molecule has 7 heteroatoms. The lowest BCUT2D eigenvalue weighted by Crippen LogP contribution is -2.45. The highest BCUT2D eigenvalue weighted by Gasteiger charge is 2.35. The van der Waals surface area contributed by atoms with Crippen molar-refractivity contribution in [1.82, 2.24) is 4.31 Å². The molecule has 1 aromatic rings. The largest absolute Gasteiger partial charge is 0.398 e. The lowest BCUT2D eigenvalue weighted by molar-refractivity contribution is 0.178. The van der Waals surface area contributed by atoms with Gasteiger partial charge in [0.25, 0.3) is 0 Å². The van der Waals surface area contributed by atoms with Crippen molar-refractivity contribution in [3.05, 3.63) is 22.7 Å². The van der Waals surface area contributed by atoms with Crippen LogP contribution < -0.4 is 5.73 Å². The summed E-state index contributed by atoms with van der Waals surface area (Å²) in [7, 11) is -3.69. The number of anilines is 1. The lowest BCUT2D eigenvalue weighted by Gasteiger charge is -2.36. The maximum atomic E-state index is 12.8. The van der Waals surface area contributed by atoms with Crippen LogP contribution in [-0.2, 0) is 10.0 Å². The van der Waals surface area contributed by atoms with Gasteiger partial charge in [-0.2, -0.15) is 4.31 Å². The van der Waals surface area contributed by atoms with Crippen molar-refractivity contribution in [2.24, 2.45) is 0 Å². The zero-order valence-corrected chi connectivity index (χ0v) is 12.9. The maximum absolute atomic E-state index is 12.8. The van der Waals surface area contributed by atoms with Crippen LogP contribution in [0.2, 0.25) is 5.02 Å². The molecule has 2 rings (SSSR count). The van der Waals surface area contributed by atoms with Gasteiger partial charge >= 0.3 is 0 Å². The van der Waals surface area contributed by atoms with E-state index in [1.54, 1.807) is 6.92 Å². The zero-order valence-electron chi connectivity index (χ0n) is 11.3. The molecule has 0 heterocycles. The number of nitrogens with two attached hydrogens (primary N) is 1. The fraction of sp³-hybridized carbons (Fsp3) is 0.538. The van der Waals surface area contributed by atoms with Crippen molar-refractivity contribution in [2.45, 2.75) is 37.1 Å². The van der Waals surface area contributed by atoms with Gasteiger partial charge in [-0.25, -0.2) is 8.42 Å². The van der Waals surface area contributed by atoms with Gasteiger partial charge in [0.2, 0.25) is 10.0 Å². The molecule has 3 N–H and O–H groups in total. The third-order valence-corrected chi connectivity index (χ3v) is 6.05. The smallest absolute Gasteiger partial charge is 0.243 e. The van der Waals surface area contributed by atoms with Gasteiger partial charge in [-0.15, -0.1) is 0 Å². The van der Waals surface area contributed by atoms with Gasteiger partial charge in [0.1, 0.15) is 0 Å². The summed E-state index contributed by atoms with van der Waals surface area (Å²) >= 11 is 5.92. The number of sulfonamides is 1. The number of nitrogen functional groups attached to an aromatic ring is 1. The highest BCUT2D eigenvalue weighted by molar-refractivity contribution is 7.89. The fourth-order valence-corrected chi connectivity index (χ4v) is 4.59. The molecule has 0 aromatic heterocycles. The first kappa shape index (κ1) is 15.6. The van der Waals surface area contributed by atoms with Crippen molar-refractivity contribution in [2.75, 3.05) is 18.9 Å². The highest BCUT2D eigenvalue weighted by atomic mass is 35.5. The van der Waals surface area contributed by atoms with Crippen LogP contribution in [0.4, 0.5) is 5.69 Å².